The Morgan fingerprint density at radius 1 is 0.745 bits per heavy atom. The number of hydrogen-bond acceptors (Lipinski definition) is 3. The van der Waals surface area contributed by atoms with E-state index < -0.39 is 0 Å². The van der Waals surface area contributed by atoms with Crippen molar-refractivity contribution in [2.45, 2.75) is 33.1 Å². The SMILES string of the molecule is C/C=C(\C=C(/C)c1ccccc1)c1nc(-c2ccc3c(c2)C(C)(C)c2cccc4c5c6ccccc6sc5n-3c24)nc2ccccc12. The molecule has 5 aromatic carbocycles. The number of thiophene rings is 1. The van der Waals surface area contributed by atoms with E-state index in [9.17, 15) is 0 Å². The Kier molecular flexibility index (Phi) is 6.15. The minimum atomic E-state index is -0.208. The number of rotatable bonds is 4. The van der Waals surface area contributed by atoms with Crippen LogP contribution in [0.15, 0.2) is 127 Å². The third-order valence-corrected chi connectivity index (χ3v) is 11.1. The van der Waals surface area contributed by atoms with Gasteiger partial charge in [0.2, 0.25) is 0 Å². The maximum Gasteiger partial charge on any atom is 0.160 e. The molecule has 8 aromatic rings. The van der Waals surface area contributed by atoms with Crippen molar-refractivity contribution < 1.29 is 0 Å². The van der Waals surface area contributed by atoms with E-state index in [1.165, 1.54) is 59.2 Å². The van der Waals surface area contributed by atoms with Gasteiger partial charge in [-0.15, -0.1) is 11.3 Å². The van der Waals surface area contributed by atoms with Crippen LogP contribution in [0.2, 0.25) is 0 Å². The zero-order valence-electron chi connectivity index (χ0n) is 26.9. The predicted octanol–water partition coefficient (Wildman–Crippen LogP) is 11.8. The van der Waals surface area contributed by atoms with Crippen LogP contribution in [0, 0.1) is 0 Å². The molecule has 0 spiro atoms. The Hall–Kier alpha value is -5.32. The van der Waals surface area contributed by atoms with Crippen LogP contribution in [0.25, 0.3) is 70.3 Å². The monoisotopic (exact) mass is 623 g/mol. The van der Waals surface area contributed by atoms with Crippen LogP contribution in [0.5, 0.6) is 0 Å². The van der Waals surface area contributed by atoms with E-state index in [-0.39, 0.29) is 5.41 Å². The van der Waals surface area contributed by atoms with Crippen molar-refractivity contribution >= 4 is 64.6 Å². The van der Waals surface area contributed by atoms with Crippen molar-refractivity contribution in [3.05, 3.63) is 150 Å². The lowest BCUT2D eigenvalue weighted by molar-refractivity contribution is 0.630. The Bertz CT molecular complexity index is 2610. The molecule has 0 fully saturated rings. The fourth-order valence-electron chi connectivity index (χ4n) is 7.52. The maximum atomic E-state index is 5.31. The van der Waals surface area contributed by atoms with E-state index >= 15 is 0 Å². The summed E-state index contributed by atoms with van der Waals surface area (Å²) in [6, 6.07) is 41.4. The summed E-state index contributed by atoms with van der Waals surface area (Å²) in [6.45, 7) is 8.97. The third kappa shape index (κ3) is 4.11. The first kappa shape index (κ1) is 27.9. The van der Waals surface area contributed by atoms with Crippen LogP contribution < -0.4 is 0 Å². The van der Waals surface area contributed by atoms with Gasteiger partial charge >= 0.3 is 0 Å². The Morgan fingerprint density at radius 2 is 1.49 bits per heavy atom. The third-order valence-electron chi connectivity index (χ3n) is 9.94. The average molecular weight is 624 g/mol. The quantitative estimate of drug-likeness (QED) is 0.183. The summed E-state index contributed by atoms with van der Waals surface area (Å²) in [4.78, 5) is 11.8. The summed E-state index contributed by atoms with van der Waals surface area (Å²) in [5.41, 5.74) is 11.4. The molecule has 0 radical (unpaired) electrons. The standard InChI is InChI=1S/C43H33N3S/c1-5-27(24-26(2)28-14-7-6-8-15-28)39-30-16-9-11-20-35(30)44-41(45-39)29-22-23-36-34(25-29)43(3,4)33-19-13-18-32-38-31-17-10-12-21-37(31)47-42(38)46(36)40(32)33/h5-25H,1-4H3/b26-24+,27-5+. The highest BCUT2D eigenvalue weighted by molar-refractivity contribution is 7.25. The fraction of sp³-hybridized carbons (Fsp3) is 0.116. The molecule has 47 heavy (non-hydrogen) atoms. The highest BCUT2D eigenvalue weighted by Gasteiger charge is 2.36. The molecular weight excluding hydrogens is 591 g/mol. The summed E-state index contributed by atoms with van der Waals surface area (Å²) >= 11 is 1.88. The number of allylic oxidation sites excluding steroid dienone is 4. The number of nitrogens with zero attached hydrogens (tertiary/aromatic N) is 3. The second kappa shape index (κ2) is 10.3. The molecule has 0 aliphatic carbocycles. The zero-order chi connectivity index (χ0) is 31.9. The maximum absolute atomic E-state index is 5.31. The van der Waals surface area contributed by atoms with Gasteiger partial charge in [0.15, 0.2) is 5.82 Å². The van der Waals surface area contributed by atoms with Crippen LogP contribution >= 0.6 is 11.3 Å². The minimum Gasteiger partial charge on any atom is -0.300 e. The van der Waals surface area contributed by atoms with Crippen molar-refractivity contribution in [3.8, 4) is 17.1 Å². The van der Waals surface area contributed by atoms with Gasteiger partial charge in [-0.1, -0.05) is 105 Å². The lowest BCUT2D eigenvalue weighted by atomic mass is 9.74. The first-order chi connectivity index (χ1) is 22.9. The second-order valence-corrected chi connectivity index (χ2v) is 14.1. The molecule has 1 aliphatic rings. The van der Waals surface area contributed by atoms with Gasteiger partial charge in [0.1, 0.15) is 4.83 Å². The molecule has 226 valence electrons. The first-order valence-corrected chi connectivity index (χ1v) is 17.0. The van der Waals surface area contributed by atoms with Gasteiger partial charge in [-0.25, -0.2) is 9.97 Å². The number of para-hydroxylation sites is 2. The van der Waals surface area contributed by atoms with Crippen molar-refractivity contribution in [3.63, 3.8) is 0 Å². The van der Waals surface area contributed by atoms with Crippen LogP contribution in [0.3, 0.4) is 0 Å². The van der Waals surface area contributed by atoms with Gasteiger partial charge in [0.25, 0.3) is 0 Å². The summed E-state index contributed by atoms with van der Waals surface area (Å²) in [5, 5.41) is 5.07. The molecule has 4 heterocycles. The van der Waals surface area contributed by atoms with Gasteiger partial charge in [-0.05, 0) is 78.1 Å². The molecule has 3 nitrogen and oxygen atoms in total. The number of aromatic nitrogens is 3. The number of fused-ring (bicyclic) bond motifs is 8. The van der Waals surface area contributed by atoms with E-state index in [0.717, 1.165) is 33.6 Å². The molecule has 0 saturated carbocycles. The highest BCUT2D eigenvalue weighted by Crippen LogP contribution is 2.51. The Balaban J connectivity index is 1.25. The van der Waals surface area contributed by atoms with Gasteiger partial charge < -0.3 is 4.57 Å². The Labute approximate surface area is 278 Å². The van der Waals surface area contributed by atoms with Crippen molar-refractivity contribution in [2.75, 3.05) is 0 Å². The molecular formula is C43H33N3S. The topological polar surface area (TPSA) is 30.7 Å². The summed E-state index contributed by atoms with van der Waals surface area (Å²) in [6.07, 6.45) is 4.40. The Morgan fingerprint density at radius 3 is 2.32 bits per heavy atom. The van der Waals surface area contributed by atoms with Crippen LogP contribution in [-0.2, 0) is 5.41 Å². The van der Waals surface area contributed by atoms with Gasteiger partial charge in [0, 0.05) is 37.2 Å². The van der Waals surface area contributed by atoms with Crippen LogP contribution in [0.1, 0.15) is 50.1 Å². The van der Waals surface area contributed by atoms with Crippen molar-refractivity contribution in [1.82, 2.24) is 14.5 Å². The first-order valence-electron chi connectivity index (χ1n) is 16.2. The lowest BCUT2D eigenvalue weighted by Gasteiger charge is -2.35. The number of hydrogen-bond donors (Lipinski definition) is 0. The van der Waals surface area contributed by atoms with E-state index in [4.69, 9.17) is 9.97 Å². The van der Waals surface area contributed by atoms with Gasteiger partial charge in [-0.2, -0.15) is 0 Å². The molecule has 3 aromatic heterocycles. The van der Waals surface area contributed by atoms with Gasteiger partial charge in [-0.3, -0.25) is 0 Å². The molecule has 0 unspecified atom stereocenters. The lowest BCUT2D eigenvalue weighted by Crippen LogP contribution is -2.26. The second-order valence-electron chi connectivity index (χ2n) is 13.0. The fourth-order valence-corrected chi connectivity index (χ4v) is 8.76. The molecule has 0 atom stereocenters. The summed E-state index contributed by atoms with van der Waals surface area (Å²) in [7, 11) is 0. The van der Waals surface area contributed by atoms with Crippen molar-refractivity contribution in [2.24, 2.45) is 0 Å². The van der Waals surface area contributed by atoms with Crippen LogP contribution in [-0.4, -0.2) is 14.5 Å². The van der Waals surface area contributed by atoms with E-state index in [2.05, 4.69) is 160 Å². The van der Waals surface area contributed by atoms with E-state index in [1.807, 2.05) is 11.3 Å². The smallest absolute Gasteiger partial charge is 0.160 e. The molecule has 0 bridgehead atoms. The van der Waals surface area contributed by atoms with Gasteiger partial charge in [0.05, 0.1) is 22.4 Å². The highest BCUT2D eigenvalue weighted by atomic mass is 32.1. The van der Waals surface area contributed by atoms with E-state index in [1.54, 1.807) is 0 Å². The largest absolute Gasteiger partial charge is 0.300 e. The summed E-state index contributed by atoms with van der Waals surface area (Å²) < 4.78 is 3.83. The molecule has 9 rings (SSSR count). The summed E-state index contributed by atoms with van der Waals surface area (Å²) in [5.74, 6) is 0.742. The molecule has 4 heteroatoms. The van der Waals surface area contributed by atoms with Crippen molar-refractivity contribution in [1.29, 1.82) is 0 Å². The molecule has 0 saturated heterocycles. The van der Waals surface area contributed by atoms with Crippen LogP contribution in [0.4, 0.5) is 0 Å². The number of benzene rings is 5. The predicted molar refractivity (Wildman–Crippen MR) is 201 cm³/mol. The van der Waals surface area contributed by atoms with E-state index in [0.29, 0.717) is 0 Å². The average Bonchev–Trinajstić information content (AvgIpc) is 3.64. The normalized spacial score (nSPS) is 14.4. The molecule has 0 amide bonds. The minimum absolute atomic E-state index is 0.208. The zero-order valence-corrected chi connectivity index (χ0v) is 27.7. The molecule has 0 N–H and O–H groups in total. The molecule has 1 aliphatic heterocycles.